The molecule has 27 heavy (non-hydrogen) atoms. The van der Waals surface area contributed by atoms with Gasteiger partial charge in [-0.2, -0.15) is 0 Å². The summed E-state index contributed by atoms with van der Waals surface area (Å²) >= 11 is 0. The Morgan fingerprint density at radius 2 is 1.59 bits per heavy atom. The highest BCUT2D eigenvalue weighted by molar-refractivity contribution is 6.08. The van der Waals surface area contributed by atoms with Gasteiger partial charge in [-0.1, -0.05) is 25.1 Å². The minimum Gasteiger partial charge on any atom is -0.462 e. The molecular formula is C21H24N2O4. The molecule has 0 saturated carbocycles. The maximum absolute atomic E-state index is 12.2. The van der Waals surface area contributed by atoms with Crippen molar-refractivity contribution >= 4 is 29.2 Å². The molecule has 0 unspecified atom stereocenters. The smallest absolute Gasteiger partial charge is 0.338 e. The summed E-state index contributed by atoms with van der Waals surface area (Å²) in [7, 11) is 0. The molecule has 0 spiro atoms. The van der Waals surface area contributed by atoms with Crippen LogP contribution in [0, 0.1) is 6.92 Å². The number of hydrogen-bond acceptors (Lipinski definition) is 4. The molecule has 0 aliphatic heterocycles. The number of esters is 1. The number of carbonyl (C=O) groups is 3. The van der Waals surface area contributed by atoms with E-state index < -0.39 is 11.9 Å². The molecule has 0 aliphatic carbocycles. The first-order valence-electron chi connectivity index (χ1n) is 8.90. The maximum Gasteiger partial charge on any atom is 0.338 e. The third-order valence-electron chi connectivity index (χ3n) is 4.01. The number of ether oxygens (including phenoxy) is 1. The highest BCUT2D eigenvalue weighted by Gasteiger charge is 2.13. The molecule has 2 aromatic carbocycles. The first-order chi connectivity index (χ1) is 12.9. The average Bonchev–Trinajstić information content (AvgIpc) is 2.64. The second kappa shape index (κ2) is 9.52. The Balaban J connectivity index is 1.94. The summed E-state index contributed by atoms with van der Waals surface area (Å²) < 4.78 is 4.91. The van der Waals surface area contributed by atoms with Gasteiger partial charge in [0.2, 0.25) is 11.8 Å². The van der Waals surface area contributed by atoms with Crippen molar-refractivity contribution in [2.75, 3.05) is 17.2 Å². The number of benzene rings is 2. The normalized spacial score (nSPS) is 10.2. The summed E-state index contributed by atoms with van der Waals surface area (Å²) in [6, 6.07) is 12.1. The van der Waals surface area contributed by atoms with E-state index in [9.17, 15) is 14.4 Å². The lowest BCUT2D eigenvalue weighted by molar-refractivity contribution is -0.123. The molecule has 2 amide bonds. The van der Waals surface area contributed by atoms with Crippen molar-refractivity contribution in [2.24, 2.45) is 0 Å². The quantitative estimate of drug-likeness (QED) is 0.576. The molecule has 2 N–H and O–H groups in total. The van der Waals surface area contributed by atoms with Crippen LogP contribution in [0.25, 0.3) is 0 Å². The largest absolute Gasteiger partial charge is 0.462 e. The lowest BCUT2D eigenvalue weighted by atomic mass is 10.1. The van der Waals surface area contributed by atoms with Gasteiger partial charge in [-0.15, -0.1) is 0 Å². The van der Waals surface area contributed by atoms with Crippen LogP contribution in [0.1, 0.15) is 41.8 Å². The number of hydrogen-bond donors (Lipinski definition) is 2. The van der Waals surface area contributed by atoms with Gasteiger partial charge in [-0.25, -0.2) is 4.79 Å². The van der Waals surface area contributed by atoms with Gasteiger partial charge in [0.25, 0.3) is 0 Å². The molecule has 0 aromatic heterocycles. The van der Waals surface area contributed by atoms with Crippen LogP contribution < -0.4 is 10.6 Å². The first kappa shape index (κ1) is 20.2. The van der Waals surface area contributed by atoms with Gasteiger partial charge in [-0.05, 0) is 55.7 Å². The minimum absolute atomic E-state index is 0.295. The summed E-state index contributed by atoms with van der Waals surface area (Å²) in [6.45, 7) is 5.96. The van der Waals surface area contributed by atoms with Crippen LogP contribution >= 0.6 is 0 Å². The maximum atomic E-state index is 12.2. The third-order valence-corrected chi connectivity index (χ3v) is 4.01. The lowest BCUT2D eigenvalue weighted by Gasteiger charge is -2.13. The van der Waals surface area contributed by atoms with E-state index in [4.69, 9.17) is 4.74 Å². The van der Waals surface area contributed by atoms with Crippen molar-refractivity contribution in [1.29, 1.82) is 0 Å². The second-order valence-corrected chi connectivity index (χ2v) is 6.03. The van der Waals surface area contributed by atoms with Crippen molar-refractivity contribution < 1.29 is 19.1 Å². The molecule has 6 nitrogen and oxygen atoms in total. The van der Waals surface area contributed by atoms with E-state index in [0.717, 1.165) is 23.2 Å². The van der Waals surface area contributed by atoms with E-state index in [0.29, 0.717) is 17.9 Å². The van der Waals surface area contributed by atoms with Gasteiger partial charge < -0.3 is 15.4 Å². The SMILES string of the molecule is CCOC(=O)c1ccc(NC(=O)CC(=O)Nc2c(C)cccc2CC)cc1. The Morgan fingerprint density at radius 1 is 0.926 bits per heavy atom. The number of aryl methyl sites for hydroxylation is 2. The van der Waals surface area contributed by atoms with Gasteiger partial charge in [0, 0.05) is 11.4 Å². The van der Waals surface area contributed by atoms with Gasteiger partial charge in [0.05, 0.1) is 12.2 Å². The Bertz CT molecular complexity index is 829. The fraction of sp³-hybridized carbons (Fsp3) is 0.286. The highest BCUT2D eigenvalue weighted by Crippen LogP contribution is 2.21. The number of amides is 2. The molecule has 142 valence electrons. The van der Waals surface area contributed by atoms with E-state index in [-0.39, 0.29) is 12.3 Å². The van der Waals surface area contributed by atoms with Crippen LogP contribution in [0.3, 0.4) is 0 Å². The Morgan fingerprint density at radius 3 is 2.22 bits per heavy atom. The first-order valence-corrected chi connectivity index (χ1v) is 8.90. The molecule has 0 aliphatic rings. The molecule has 0 radical (unpaired) electrons. The number of rotatable bonds is 7. The van der Waals surface area contributed by atoms with E-state index in [1.165, 1.54) is 0 Å². The Kier molecular flexibility index (Phi) is 7.11. The van der Waals surface area contributed by atoms with Crippen molar-refractivity contribution in [2.45, 2.75) is 33.6 Å². The summed E-state index contributed by atoms with van der Waals surface area (Å²) in [5, 5.41) is 5.47. The molecule has 0 saturated heterocycles. The minimum atomic E-state index is -0.428. The zero-order chi connectivity index (χ0) is 19.8. The van der Waals surface area contributed by atoms with E-state index in [2.05, 4.69) is 10.6 Å². The number of para-hydroxylation sites is 1. The van der Waals surface area contributed by atoms with Crippen LogP contribution in [0.5, 0.6) is 0 Å². The molecule has 0 heterocycles. The zero-order valence-electron chi connectivity index (χ0n) is 15.8. The molecule has 0 fully saturated rings. The predicted molar refractivity (Wildman–Crippen MR) is 105 cm³/mol. The van der Waals surface area contributed by atoms with Crippen LogP contribution in [0.2, 0.25) is 0 Å². The molecule has 2 aromatic rings. The standard InChI is InChI=1S/C21H24N2O4/c1-4-15-8-6-7-14(3)20(15)23-19(25)13-18(24)22-17-11-9-16(10-12-17)21(26)27-5-2/h6-12H,4-5,13H2,1-3H3,(H,22,24)(H,23,25). The highest BCUT2D eigenvalue weighted by atomic mass is 16.5. The number of anilines is 2. The molecule has 6 heteroatoms. The fourth-order valence-electron chi connectivity index (χ4n) is 2.64. The topological polar surface area (TPSA) is 84.5 Å². The van der Waals surface area contributed by atoms with E-state index in [1.807, 2.05) is 32.0 Å². The van der Waals surface area contributed by atoms with Crippen molar-refractivity contribution in [3.8, 4) is 0 Å². The van der Waals surface area contributed by atoms with Crippen LogP contribution in [0.15, 0.2) is 42.5 Å². The van der Waals surface area contributed by atoms with Crippen LogP contribution in [-0.2, 0) is 20.7 Å². The predicted octanol–water partition coefficient (Wildman–Crippen LogP) is 3.70. The molecular weight excluding hydrogens is 344 g/mol. The fourth-order valence-corrected chi connectivity index (χ4v) is 2.64. The molecule has 2 rings (SSSR count). The summed E-state index contributed by atoms with van der Waals surface area (Å²) in [5.41, 5.74) is 3.65. The number of nitrogens with one attached hydrogen (secondary N) is 2. The van der Waals surface area contributed by atoms with Crippen LogP contribution in [-0.4, -0.2) is 24.4 Å². The summed E-state index contributed by atoms with van der Waals surface area (Å²) in [5.74, 6) is -1.22. The van der Waals surface area contributed by atoms with E-state index in [1.54, 1.807) is 31.2 Å². The van der Waals surface area contributed by atoms with Crippen molar-refractivity contribution in [1.82, 2.24) is 0 Å². The second-order valence-electron chi connectivity index (χ2n) is 6.03. The monoisotopic (exact) mass is 368 g/mol. The van der Waals surface area contributed by atoms with Gasteiger partial charge >= 0.3 is 5.97 Å². The summed E-state index contributed by atoms with van der Waals surface area (Å²) in [4.78, 5) is 35.9. The van der Waals surface area contributed by atoms with Gasteiger partial charge in [0.1, 0.15) is 6.42 Å². The lowest BCUT2D eigenvalue weighted by Crippen LogP contribution is -2.22. The van der Waals surface area contributed by atoms with E-state index >= 15 is 0 Å². The van der Waals surface area contributed by atoms with Crippen molar-refractivity contribution in [3.05, 3.63) is 59.2 Å². The number of carbonyl (C=O) groups excluding carboxylic acids is 3. The Hall–Kier alpha value is -3.15. The molecule has 0 atom stereocenters. The summed E-state index contributed by atoms with van der Waals surface area (Å²) in [6.07, 6.45) is 0.493. The Labute approximate surface area is 158 Å². The third kappa shape index (κ3) is 5.67. The zero-order valence-corrected chi connectivity index (χ0v) is 15.8. The molecule has 0 bridgehead atoms. The van der Waals surface area contributed by atoms with Crippen LogP contribution in [0.4, 0.5) is 11.4 Å². The van der Waals surface area contributed by atoms with Gasteiger partial charge in [-0.3, -0.25) is 9.59 Å². The van der Waals surface area contributed by atoms with Crippen molar-refractivity contribution in [3.63, 3.8) is 0 Å². The van der Waals surface area contributed by atoms with Gasteiger partial charge in [0.15, 0.2) is 0 Å². The average molecular weight is 368 g/mol.